The molecule has 0 radical (unpaired) electrons. The summed E-state index contributed by atoms with van der Waals surface area (Å²) in [5.74, 6) is 0. The van der Waals surface area contributed by atoms with Crippen molar-refractivity contribution in [2.24, 2.45) is 0 Å². The number of rotatable bonds is 4. The Hall–Kier alpha value is -1.90. The highest BCUT2D eigenvalue weighted by Crippen LogP contribution is 2.30. The molecule has 3 heteroatoms. The van der Waals surface area contributed by atoms with Crippen molar-refractivity contribution in [1.29, 1.82) is 0 Å². The fourth-order valence-corrected chi connectivity index (χ4v) is 2.26. The van der Waals surface area contributed by atoms with Gasteiger partial charge in [0.25, 0.3) is 0 Å². The third kappa shape index (κ3) is 2.35. The molecule has 2 aromatic carbocycles. The highest BCUT2D eigenvalue weighted by atomic mass is 16.6. The Morgan fingerprint density at radius 3 is 2.44 bits per heavy atom. The highest BCUT2D eigenvalue weighted by molar-refractivity contribution is 5.83. The summed E-state index contributed by atoms with van der Waals surface area (Å²) in [6, 6.07) is 14.2. The summed E-state index contributed by atoms with van der Waals surface area (Å²) < 4.78 is 0. The van der Waals surface area contributed by atoms with Crippen LogP contribution in [-0.4, -0.2) is 11.5 Å². The van der Waals surface area contributed by atoms with Crippen molar-refractivity contribution in [2.45, 2.75) is 25.7 Å². The van der Waals surface area contributed by atoms with E-state index in [0.29, 0.717) is 0 Å². The zero-order chi connectivity index (χ0) is 13.2. The lowest BCUT2D eigenvalue weighted by molar-refractivity contribution is -0.490. The molecule has 0 bridgehead atoms. The van der Waals surface area contributed by atoms with E-state index in [2.05, 4.69) is 12.1 Å². The fourth-order valence-electron chi connectivity index (χ4n) is 2.26. The van der Waals surface area contributed by atoms with Gasteiger partial charge in [-0.1, -0.05) is 49.4 Å². The topological polar surface area (TPSA) is 43.1 Å². The summed E-state index contributed by atoms with van der Waals surface area (Å²) in [5.41, 5.74) is 0.647. The molecule has 0 N–H and O–H groups in total. The van der Waals surface area contributed by atoms with Gasteiger partial charge in [0.1, 0.15) is 0 Å². The van der Waals surface area contributed by atoms with Crippen molar-refractivity contribution >= 4 is 10.8 Å². The molecule has 0 aliphatic carbocycles. The largest absolute Gasteiger partial charge is 0.265 e. The maximum atomic E-state index is 10.8. The zero-order valence-corrected chi connectivity index (χ0v) is 10.7. The Kier molecular flexibility index (Phi) is 3.32. The Morgan fingerprint density at radius 2 is 1.83 bits per heavy atom. The van der Waals surface area contributed by atoms with Crippen molar-refractivity contribution in [1.82, 2.24) is 0 Å². The van der Waals surface area contributed by atoms with Crippen molar-refractivity contribution in [3.05, 3.63) is 58.1 Å². The standard InChI is InChI=1S/C15H17NO2/c1-3-15(2,11-16(17)18)14-9-8-12-6-4-5-7-13(12)10-14/h4-10H,3,11H2,1-2H3/t15-/m1/s1. The van der Waals surface area contributed by atoms with Gasteiger partial charge in [0, 0.05) is 4.92 Å². The van der Waals surface area contributed by atoms with Crippen LogP contribution in [0.25, 0.3) is 10.8 Å². The summed E-state index contributed by atoms with van der Waals surface area (Å²) in [4.78, 5) is 10.6. The maximum Gasteiger partial charge on any atom is 0.213 e. The van der Waals surface area contributed by atoms with Crippen molar-refractivity contribution in [2.75, 3.05) is 6.54 Å². The minimum atomic E-state index is -0.395. The first-order valence-corrected chi connectivity index (χ1v) is 6.16. The molecule has 94 valence electrons. The van der Waals surface area contributed by atoms with Gasteiger partial charge in [-0.15, -0.1) is 0 Å². The summed E-state index contributed by atoms with van der Waals surface area (Å²) in [6.07, 6.45) is 0.756. The molecule has 0 aliphatic heterocycles. The molecule has 0 aromatic heterocycles. The average Bonchev–Trinajstić information content (AvgIpc) is 2.37. The van der Waals surface area contributed by atoms with Crippen LogP contribution in [0, 0.1) is 10.1 Å². The van der Waals surface area contributed by atoms with E-state index in [1.165, 1.54) is 5.39 Å². The molecule has 0 amide bonds. The minimum absolute atomic E-state index is 0.0260. The maximum absolute atomic E-state index is 10.8. The number of hydrogen-bond acceptors (Lipinski definition) is 2. The van der Waals surface area contributed by atoms with Gasteiger partial charge in [-0.05, 0) is 29.7 Å². The third-order valence-electron chi connectivity index (χ3n) is 3.70. The van der Waals surface area contributed by atoms with E-state index in [-0.39, 0.29) is 11.5 Å². The molecule has 18 heavy (non-hydrogen) atoms. The summed E-state index contributed by atoms with van der Waals surface area (Å²) in [7, 11) is 0. The molecule has 0 heterocycles. The molecule has 2 rings (SSSR count). The monoisotopic (exact) mass is 243 g/mol. The molecule has 3 nitrogen and oxygen atoms in total. The van der Waals surface area contributed by atoms with Gasteiger partial charge in [-0.2, -0.15) is 0 Å². The molecule has 0 saturated carbocycles. The van der Waals surface area contributed by atoms with Gasteiger partial charge >= 0.3 is 0 Å². The van der Waals surface area contributed by atoms with E-state index >= 15 is 0 Å². The van der Waals surface area contributed by atoms with E-state index in [0.717, 1.165) is 17.4 Å². The normalized spacial score (nSPS) is 14.3. The van der Waals surface area contributed by atoms with Crippen molar-refractivity contribution in [3.63, 3.8) is 0 Å². The summed E-state index contributed by atoms with van der Waals surface area (Å²) in [5, 5.41) is 13.1. The molecule has 0 aliphatic rings. The van der Waals surface area contributed by atoms with E-state index in [9.17, 15) is 10.1 Å². The SMILES string of the molecule is CC[C@](C)(C[N+](=O)[O-])c1ccc2ccccc2c1. The van der Waals surface area contributed by atoms with E-state index in [1.807, 2.05) is 44.2 Å². The van der Waals surface area contributed by atoms with Crippen LogP contribution in [0.4, 0.5) is 0 Å². The van der Waals surface area contributed by atoms with Crippen LogP contribution in [0.3, 0.4) is 0 Å². The minimum Gasteiger partial charge on any atom is -0.265 e. The quantitative estimate of drug-likeness (QED) is 0.605. The lowest BCUT2D eigenvalue weighted by Gasteiger charge is -2.24. The lowest BCUT2D eigenvalue weighted by Crippen LogP contribution is -2.30. The van der Waals surface area contributed by atoms with Gasteiger partial charge < -0.3 is 0 Å². The van der Waals surface area contributed by atoms with Crippen LogP contribution in [0.2, 0.25) is 0 Å². The Labute approximate surface area is 107 Å². The van der Waals surface area contributed by atoms with Crippen LogP contribution in [0.15, 0.2) is 42.5 Å². The Morgan fingerprint density at radius 1 is 1.17 bits per heavy atom. The zero-order valence-electron chi connectivity index (χ0n) is 10.7. The fraction of sp³-hybridized carbons (Fsp3) is 0.333. The van der Waals surface area contributed by atoms with Gasteiger partial charge in [0.2, 0.25) is 6.54 Å². The second kappa shape index (κ2) is 4.77. The van der Waals surface area contributed by atoms with Crippen LogP contribution in [-0.2, 0) is 5.41 Å². The third-order valence-corrected chi connectivity index (χ3v) is 3.70. The molecule has 0 spiro atoms. The van der Waals surface area contributed by atoms with E-state index < -0.39 is 5.41 Å². The number of hydrogen-bond donors (Lipinski definition) is 0. The summed E-state index contributed by atoms with van der Waals surface area (Å²) in [6.45, 7) is 3.93. The van der Waals surface area contributed by atoms with Crippen LogP contribution >= 0.6 is 0 Å². The highest BCUT2D eigenvalue weighted by Gasteiger charge is 2.30. The Balaban J connectivity index is 2.48. The summed E-state index contributed by atoms with van der Waals surface area (Å²) >= 11 is 0. The molecular formula is C15H17NO2. The first kappa shape index (κ1) is 12.6. The number of fused-ring (bicyclic) bond motifs is 1. The molecule has 0 saturated heterocycles. The molecule has 2 aromatic rings. The van der Waals surface area contributed by atoms with Crippen molar-refractivity contribution in [3.8, 4) is 0 Å². The average molecular weight is 243 g/mol. The molecular weight excluding hydrogens is 226 g/mol. The van der Waals surface area contributed by atoms with Gasteiger partial charge in [-0.25, -0.2) is 0 Å². The van der Waals surface area contributed by atoms with Crippen LogP contribution < -0.4 is 0 Å². The van der Waals surface area contributed by atoms with Crippen LogP contribution in [0.1, 0.15) is 25.8 Å². The first-order valence-electron chi connectivity index (χ1n) is 6.16. The number of nitrogens with zero attached hydrogens (tertiary/aromatic N) is 1. The van der Waals surface area contributed by atoms with Gasteiger partial charge in [0.05, 0.1) is 5.41 Å². The lowest BCUT2D eigenvalue weighted by atomic mass is 9.79. The molecule has 0 unspecified atom stereocenters. The van der Waals surface area contributed by atoms with Gasteiger partial charge in [0.15, 0.2) is 0 Å². The van der Waals surface area contributed by atoms with Crippen LogP contribution in [0.5, 0.6) is 0 Å². The van der Waals surface area contributed by atoms with Crippen molar-refractivity contribution < 1.29 is 4.92 Å². The predicted octanol–water partition coefficient (Wildman–Crippen LogP) is 3.78. The Bertz CT molecular complexity index is 579. The molecule has 0 fully saturated rings. The van der Waals surface area contributed by atoms with Gasteiger partial charge in [-0.3, -0.25) is 10.1 Å². The number of benzene rings is 2. The smallest absolute Gasteiger partial charge is 0.213 e. The molecule has 1 atom stereocenters. The van der Waals surface area contributed by atoms with E-state index in [1.54, 1.807) is 0 Å². The first-order chi connectivity index (χ1) is 8.55. The van der Waals surface area contributed by atoms with E-state index in [4.69, 9.17) is 0 Å². The second-order valence-electron chi connectivity index (χ2n) is 4.97. The number of nitro groups is 1. The second-order valence-corrected chi connectivity index (χ2v) is 4.97. The predicted molar refractivity (Wildman–Crippen MR) is 73.5 cm³/mol.